The Bertz CT molecular complexity index is 532. The largest absolute Gasteiger partial charge is 0.204 e. The topological polar surface area (TPSA) is 51.6 Å². The summed E-state index contributed by atoms with van der Waals surface area (Å²) in [6.07, 6.45) is 0. The first kappa shape index (κ1) is 11.3. The van der Waals surface area contributed by atoms with E-state index in [1.54, 1.807) is 13.0 Å². The highest BCUT2D eigenvalue weighted by molar-refractivity contribution is 9.10. The quantitative estimate of drug-likeness (QED) is 0.760. The second-order valence-corrected chi connectivity index (χ2v) is 4.19. The molecule has 0 saturated carbocycles. The summed E-state index contributed by atoms with van der Waals surface area (Å²) >= 11 is 8.71. The van der Waals surface area contributed by atoms with E-state index < -0.39 is 5.82 Å². The van der Waals surface area contributed by atoms with Crippen LogP contribution in [0.15, 0.2) is 16.6 Å². The Labute approximate surface area is 104 Å². The van der Waals surface area contributed by atoms with Gasteiger partial charge in [0.15, 0.2) is 11.6 Å². The number of hydrogen-bond donors (Lipinski definition) is 0. The van der Waals surface area contributed by atoms with Crippen LogP contribution in [0.5, 0.6) is 0 Å². The highest BCUT2D eigenvalue weighted by atomic mass is 79.9. The average molecular weight is 304 g/mol. The fourth-order valence-electron chi connectivity index (χ4n) is 1.09. The summed E-state index contributed by atoms with van der Waals surface area (Å²) in [6, 6.07) is 3.03. The van der Waals surface area contributed by atoms with Crippen molar-refractivity contribution in [2.45, 2.75) is 6.92 Å². The molecule has 0 amide bonds. The molecule has 1 heterocycles. The van der Waals surface area contributed by atoms with Gasteiger partial charge in [-0.2, -0.15) is 0 Å². The Hall–Kier alpha value is -1.14. The van der Waals surface area contributed by atoms with E-state index >= 15 is 0 Å². The van der Waals surface area contributed by atoms with Crippen molar-refractivity contribution in [1.82, 2.24) is 20.4 Å². The Morgan fingerprint density at radius 2 is 1.81 bits per heavy atom. The molecule has 4 nitrogen and oxygen atoms in total. The molecule has 0 saturated heterocycles. The van der Waals surface area contributed by atoms with Crippen LogP contribution in [-0.2, 0) is 0 Å². The maximum absolute atomic E-state index is 13.5. The van der Waals surface area contributed by atoms with Gasteiger partial charge in [0.25, 0.3) is 0 Å². The van der Waals surface area contributed by atoms with Crippen LogP contribution in [0.4, 0.5) is 4.39 Å². The molecule has 0 radical (unpaired) electrons. The van der Waals surface area contributed by atoms with E-state index in [0.717, 1.165) is 0 Å². The zero-order valence-electron chi connectivity index (χ0n) is 8.08. The van der Waals surface area contributed by atoms with Crippen LogP contribution in [0.3, 0.4) is 0 Å². The molecule has 1 aromatic carbocycles. The van der Waals surface area contributed by atoms with Crippen molar-refractivity contribution < 1.29 is 4.39 Å². The Morgan fingerprint density at radius 3 is 2.44 bits per heavy atom. The van der Waals surface area contributed by atoms with Gasteiger partial charge in [0.1, 0.15) is 0 Å². The second kappa shape index (κ2) is 4.39. The summed E-state index contributed by atoms with van der Waals surface area (Å²) in [5.74, 6) is 0.144. The predicted molar refractivity (Wildman–Crippen MR) is 60.5 cm³/mol. The number of halogens is 3. The lowest BCUT2D eigenvalue weighted by Gasteiger charge is -2.03. The second-order valence-electron chi connectivity index (χ2n) is 2.99. The van der Waals surface area contributed by atoms with Gasteiger partial charge in [-0.15, -0.1) is 20.4 Å². The Balaban J connectivity index is 2.57. The first-order valence-corrected chi connectivity index (χ1v) is 5.44. The molecule has 0 bridgehead atoms. The van der Waals surface area contributed by atoms with Gasteiger partial charge in [0.2, 0.25) is 5.82 Å². The number of benzene rings is 1. The summed E-state index contributed by atoms with van der Waals surface area (Å²) in [4.78, 5) is 0. The summed E-state index contributed by atoms with van der Waals surface area (Å²) < 4.78 is 13.7. The molecule has 0 spiro atoms. The number of rotatable bonds is 1. The van der Waals surface area contributed by atoms with Crippen molar-refractivity contribution in [2.24, 2.45) is 0 Å². The molecule has 0 atom stereocenters. The van der Waals surface area contributed by atoms with E-state index in [2.05, 4.69) is 36.3 Å². The van der Waals surface area contributed by atoms with Crippen LogP contribution in [0, 0.1) is 12.7 Å². The summed E-state index contributed by atoms with van der Waals surface area (Å²) in [7, 11) is 0. The minimum atomic E-state index is -0.552. The zero-order valence-corrected chi connectivity index (χ0v) is 10.4. The number of aryl methyl sites for hydroxylation is 1. The minimum Gasteiger partial charge on any atom is -0.204 e. The van der Waals surface area contributed by atoms with Crippen molar-refractivity contribution in [1.29, 1.82) is 0 Å². The monoisotopic (exact) mass is 302 g/mol. The third kappa shape index (κ3) is 2.03. The van der Waals surface area contributed by atoms with Crippen LogP contribution < -0.4 is 0 Å². The van der Waals surface area contributed by atoms with Crippen LogP contribution in [0.2, 0.25) is 5.02 Å². The molecule has 2 aromatic rings. The number of aromatic nitrogens is 4. The zero-order chi connectivity index (χ0) is 11.7. The SMILES string of the molecule is Cc1nnc(-c2ccc(Cl)c(F)c2Br)nn1. The van der Waals surface area contributed by atoms with E-state index in [9.17, 15) is 4.39 Å². The smallest absolute Gasteiger partial charge is 0.204 e. The summed E-state index contributed by atoms with van der Waals surface area (Å²) in [6.45, 7) is 1.67. The minimum absolute atomic E-state index is 0.0312. The third-order valence-corrected chi connectivity index (χ3v) is 2.92. The molecular weight excluding hydrogens is 298 g/mol. The van der Waals surface area contributed by atoms with E-state index in [4.69, 9.17) is 11.6 Å². The van der Waals surface area contributed by atoms with Gasteiger partial charge >= 0.3 is 0 Å². The predicted octanol–water partition coefficient (Wildman–Crippen LogP) is 2.80. The Morgan fingerprint density at radius 1 is 1.19 bits per heavy atom. The van der Waals surface area contributed by atoms with Crippen LogP contribution in [-0.4, -0.2) is 20.4 Å². The van der Waals surface area contributed by atoms with E-state index in [0.29, 0.717) is 11.4 Å². The molecule has 0 aliphatic heterocycles. The fraction of sp³-hybridized carbons (Fsp3) is 0.111. The van der Waals surface area contributed by atoms with Gasteiger partial charge in [-0.1, -0.05) is 11.6 Å². The summed E-state index contributed by atoms with van der Waals surface area (Å²) in [5.41, 5.74) is 0.460. The normalized spacial score (nSPS) is 10.5. The van der Waals surface area contributed by atoms with E-state index in [1.165, 1.54) is 6.07 Å². The molecule has 0 unspecified atom stereocenters. The first-order valence-electron chi connectivity index (χ1n) is 4.27. The summed E-state index contributed by atoms with van der Waals surface area (Å²) in [5, 5.41) is 15.2. The van der Waals surface area contributed by atoms with Crippen molar-refractivity contribution in [3.05, 3.63) is 33.3 Å². The van der Waals surface area contributed by atoms with Crippen molar-refractivity contribution >= 4 is 27.5 Å². The van der Waals surface area contributed by atoms with Crippen LogP contribution in [0.1, 0.15) is 5.82 Å². The van der Waals surface area contributed by atoms with Gasteiger partial charge < -0.3 is 0 Å². The van der Waals surface area contributed by atoms with Crippen LogP contribution >= 0.6 is 27.5 Å². The Kier molecular flexibility index (Phi) is 3.11. The van der Waals surface area contributed by atoms with E-state index in [-0.39, 0.29) is 15.3 Å². The molecule has 7 heteroatoms. The molecular formula is C9H5BrClFN4. The number of hydrogen-bond acceptors (Lipinski definition) is 4. The lowest BCUT2D eigenvalue weighted by molar-refractivity contribution is 0.621. The lowest BCUT2D eigenvalue weighted by Crippen LogP contribution is -1.99. The molecule has 0 aliphatic carbocycles. The van der Waals surface area contributed by atoms with Crippen molar-refractivity contribution in [2.75, 3.05) is 0 Å². The molecule has 2 rings (SSSR count). The van der Waals surface area contributed by atoms with Crippen molar-refractivity contribution in [3.8, 4) is 11.4 Å². The standard InChI is InChI=1S/C9H5BrClFN4/c1-4-13-15-9(16-14-4)5-2-3-6(11)8(12)7(5)10/h2-3H,1H3. The third-order valence-electron chi connectivity index (χ3n) is 1.85. The van der Waals surface area contributed by atoms with E-state index in [1.807, 2.05) is 0 Å². The molecule has 82 valence electrons. The van der Waals surface area contributed by atoms with Gasteiger partial charge in [-0.05, 0) is 35.0 Å². The first-order chi connectivity index (χ1) is 7.59. The average Bonchev–Trinajstić information content (AvgIpc) is 2.28. The highest BCUT2D eigenvalue weighted by Gasteiger charge is 2.13. The molecule has 0 fully saturated rings. The molecule has 16 heavy (non-hydrogen) atoms. The number of nitrogens with zero attached hydrogens (tertiary/aromatic N) is 4. The maximum atomic E-state index is 13.5. The molecule has 1 aromatic heterocycles. The van der Waals surface area contributed by atoms with Crippen molar-refractivity contribution in [3.63, 3.8) is 0 Å². The molecule has 0 N–H and O–H groups in total. The van der Waals surface area contributed by atoms with Gasteiger partial charge in [-0.3, -0.25) is 0 Å². The lowest BCUT2D eigenvalue weighted by atomic mass is 10.2. The van der Waals surface area contributed by atoms with Gasteiger partial charge in [-0.25, -0.2) is 4.39 Å². The molecule has 0 aliphatic rings. The van der Waals surface area contributed by atoms with Gasteiger partial charge in [0.05, 0.1) is 9.50 Å². The van der Waals surface area contributed by atoms with Crippen LogP contribution in [0.25, 0.3) is 11.4 Å². The highest BCUT2D eigenvalue weighted by Crippen LogP contribution is 2.31. The maximum Gasteiger partial charge on any atom is 0.204 e. The van der Waals surface area contributed by atoms with Gasteiger partial charge in [0, 0.05) is 5.56 Å². The fourth-order valence-corrected chi connectivity index (χ4v) is 1.88.